The molecule has 1 aliphatic heterocycles. The Morgan fingerprint density at radius 3 is 2.37 bits per heavy atom. The molecule has 1 N–H and O–H groups in total. The highest BCUT2D eigenvalue weighted by Crippen LogP contribution is 2.36. The van der Waals surface area contributed by atoms with Gasteiger partial charge in [-0.1, -0.05) is 52.2 Å². The quantitative estimate of drug-likeness (QED) is 0.866. The molecule has 2 amide bonds. The third kappa shape index (κ3) is 5.12. The Kier molecular flexibility index (Phi) is 6.23. The molecule has 1 aliphatic carbocycles. The van der Waals surface area contributed by atoms with Crippen LogP contribution in [0.15, 0.2) is 24.3 Å². The number of carbonyl (C=O) groups is 2. The summed E-state index contributed by atoms with van der Waals surface area (Å²) < 4.78 is 0. The molecule has 0 aromatic heterocycles. The van der Waals surface area contributed by atoms with Gasteiger partial charge in [0.15, 0.2) is 0 Å². The van der Waals surface area contributed by atoms with Gasteiger partial charge in [0.2, 0.25) is 5.91 Å². The molecule has 1 heterocycles. The number of nitrogens with zero attached hydrogens (tertiary/aromatic N) is 1. The first-order valence-corrected chi connectivity index (χ1v) is 10.5. The molecule has 2 atom stereocenters. The van der Waals surface area contributed by atoms with E-state index in [1.165, 1.54) is 31.2 Å². The minimum Gasteiger partial charge on any atom is -0.352 e. The van der Waals surface area contributed by atoms with Crippen molar-refractivity contribution in [2.45, 2.75) is 64.7 Å². The topological polar surface area (TPSA) is 49.4 Å². The predicted molar refractivity (Wildman–Crippen MR) is 109 cm³/mol. The Morgan fingerprint density at radius 1 is 1.04 bits per heavy atom. The van der Waals surface area contributed by atoms with Crippen LogP contribution in [0.1, 0.15) is 75.2 Å². The highest BCUT2D eigenvalue weighted by atomic mass is 16.2. The molecule has 0 radical (unpaired) electrons. The summed E-state index contributed by atoms with van der Waals surface area (Å²) in [5.74, 6) is 1.61. The van der Waals surface area contributed by atoms with Gasteiger partial charge >= 0.3 is 0 Å². The van der Waals surface area contributed by atoms with Crippen molar-refractivity contribution in [3.05, 3.63) is 35.4 Å². The van der Waals surface area contributed by atoms with Crippen molar-refractivity contribution in [1.29, 1.82) is 0 Å². The molecule has 0 spiro atoms. The Balaban J connectivity index is 1.43. The smallest absolute Gasteiger partial charge is 0.251 e. The number of likely N-dealkylation sites (tertiary alicyclic amines) is 1. The molecule has 2 fully saturated rings. The number of hydrogen-bond acceptors (Lipinski definition) is 2. The van der Waals surface area contributed by atoms with Crippen LogP contribution in [0, 0.1) is 11.8 Å². The van der Waals surface area contributed by atoms with Crippen molar-refractivity contribution in [1.82, 2.24) is 10.2 Å². The van der Waals surface area contributed by atoms with E-state index in [-0.39, 0.29) is 17.2 Å². The summed E-state index contributed by atoms with van der Waals surface area (Å²) in [5.41, 5.74) is 1.94. The van der Waals surface area contributed by atoms with Crippen LogP contribution in [-0.2, 0) is 10.2 Å². The van der Waals surface area contributed by atoms with Crippen molar-refractivity contribution in [3.63, 3.8) is 0 Å². The molecule has 1 saturated carbocycles. The van der Waals surface area contributed by atoms with Gasteiger partial charge in [-0.25, -0.2) is 0 Å². The average Bonchev–Trinajstić information content (AvgIpc) is 2.66. The Bertz CT molecular complexity index is 660. The zero-order chi connectivity index (χ0) is 19.4. The molecule has 148 valence electrons. The van der Waals surface area contributed by atoms with E-state index in [2.05, 4.69) is 26.1 Å². The lowest BCUT2D eigenvalue weighted by Gasteiger charge is -2.41. The van der Waals surface area contributed by atoms with Gasteiger partial charge in [-0.3, -0.25) is 9.59 Å². The lowest BCUT2D eigenvalue weighted by molar-refractivity contribution is -0.134. The number of rotatable bonds is 4. The van der Waals surface area contributed by atoms with E-state index in [0.717, 1.165) is 25.4 Å². The fourth-order valence-electron chi connectivity index (χ4n) is 4.49. The van der Waals surface area contributed by atoms with E-state index in [9.17, 15) is 9.59 Å². The Morgan fingerprint density at radius 2 is 1.70 bits per heavy atom. The van der Waals surface area contributed by atoms with E-state index >= 15 is 0 Å². The van der Waals surface area contributed by atoms with Crippen LogP contribution in [-0.4, -0.2) is 36.3 Å². The summed E-state index contributed by atoms with van der Waals surface area (Å²) in [5, 5.41) is 2.90. The maximum atomic E-state index is 12.5. The van der Waals surface area contributed by atoms with Crippen molar-refractivity contribution in [2.75, 3.05) is 19.6 Å². The van der Waals surface area contributed by atoms with Gasteiger partial charge in [-0.2, -0.15) is 0 Å². The average molecular weight is 371 g/mol. The lowest BCUT2D eigenvalue weighted by Crippen LogP contribution is -2.45. The Labute approximate surface area is 163 Å². The highest BCUT2D eigenvalue weighted by Gasteiger charge is 2.32. The van der Waals surface area contributed by atoms with Crippen molar-refractivity contribution >= 4 is 11.8 Å². The van der Waals surface area contributed by atoms with E-state index in [1.54, 1.807) is 0 Å². The van der Waals surface area contributed by atoms with Crippen LogP contribution in [0.3, 0.4) is 0 Å². The van der Waals surface area contributed by atoms with Gasteiger partial charge in [-0.15, -0.1) is 0 Å². The number of benzene rings is 1. The molecule has 0 bridgehead atoms. The summed E-state index contributed by atoms with van der Waals surface area (Å²) in [6.45, 7) is 8.69. The molecular formula is C23H34N2O2. The minimum atomic E-state index is -0.103. The number of fused-ring (bicyclic) bond motifs is 1. The van der Waals surface area contributed by atoms with Crippen LogP contribution in [0.25, 0.3) is 0 Å². The molecular weight excluding hydrogens is 336 g/mol. The van der Waals surface area contributed by atoms with E-state index in [4.69, 9.17) is 0 Å². The van der Waals surface area contributed by atoms with Crippen molar-refractivity contribution in [3.8, 4) is 0 Å². The first-order chi connectivity index (χ1) is 12.8. The SMILES string of the molecule is CC(C)(C)c1ccc(C(=O)NCCC(=O)N2CC[C@H]3CCCC[C@@H]3C2)cc1. The second-order valence-electron chi connectivity index (χ2n) is 9.27. The van der Waals surface area contributed by atoms with Gasteiger partial charge in [0, 0.05) is 31.6 Å². The second kappa shape index (κ2) is 8.45. The normalized spacial score (nSPS) is 22.9. The molecule has 1 saturated heterocycles. The second-order valence-corrected chi connectivity index (χ2v) is 9.27. The highest BCUT2D eigenvalue weighted by molar-refractivity contribution is 5.94. The largest absolute Gasteiger partial charge is 0.352 e. The first kappa shape index (κ1) is 19.9. The number of hydrogen-bond donors (Lipinski definition) is 1. The number of piperidine rings is 1. The summed E-state index contributed by atoms with van der Waals surface area (Å²) in [4.78, 5) is 26.9. The summed E-state index contributed by atoms with van der Waals surface area (Å²) in [6, 6.07) is 7.75. The third-order valence-corrected chi connectivity index (χ3v) is 6.28. The monoisotopic (exact) mass is 370 g/mol. The van der Waals surface area contributed by atoms with Gasteiger partial charge in [0.25, 0.3) is 5.91 Å². The predicted octanol–water partition coefficient (Wildman–Crippen LogP) is 4.14. The van der Waals surface area contributed by atoms with Crippen molar-refractivity contribution in [2.24, 2.45) is 11.8 Å². The molecule has 4 heteroatoms. The standard InChI is InChI=1S/C23H34N2O2/c1-23(2,3)20-10-8-18(9-11-20)22(27)24-14-12-21(26)25-15-13-17-6-4-5-7-19(17)16-25/h8-11,17,19H,4-7,12-16H2,1-3H3,(H,24,27)/t17-,19-/m1/s1. The van der Waals surface area contributed by atoms with Crippen LogP contribution in [0.5, 0.6) is 0 Å². The van der Waals surface area contributed by atoms with E-state index in [0.29, 0.717) is 24.4 Å². The zero-order valence-electron chi connectivity index (χ0n) is 17.1. The fraction of sp³-hybridized carbons (Fsp3) is 0.652. The summed E-state index contributed by atoms with van der Waals surface area (Å²) in [6.07, 6.45) is 6.84. The molecule has 2 aliphatic rings. The fourth-order valence-corrected chi connectivity index (χ4v) is 4.49. The van der Waals surface area contributed by atoms with Gasteiger partial charge in [-0.05, 0) is 47.8 Å². The van der Waals surface area contributed by atoms with Crippen LogP contribution in [0.4, 0.5) is 0 Å². The van der Waals surface area contributed by atoms with Crippen LogP contribution in [0.2, 0.25) is 0 Å². The molecule has 3 rings (SSSR count). The van der Waals surface area contributed by atoms with Gasteiger partial charge in [0.05, 0.1) is 0 Å². The summed E-state index contributed by atoms with van der Waals surface area (Å²) in [7, 11) is 0. The molecule has 0 unspecified atom stereocenters. The van der Waals surface area contributed by atoms with E-state index < -0.39 is 0 Å². The lowest BCUT2D eigenvalue weighted by atomic mass is 9.75. The van der Waals surface area contributed by atoms with Crippen LogP contribution >= 0.6 is 0 Å². The molecule has 27 heavy (non-hydrogen) atoms. The Hall–Kier alpha value is -1.84. The molecule has 4 nitrogen and oxygen atoms in total. The van der Waals surface area contributed by atoms with Gasteiger partial charge < -0.3 is 10.2 Å². The minimum absolute atomic E-state index is 0.0766. The summed E-state index contributed by atoms with van der Waals surface area (Å²) >= 11 is 0. The molecule has 1 aromatic carbocycles. The third-order valence-electron chi connectivity index (χ3n) is 6.28. The number of carbonyl (C=O) groups excluding carboxylic acids is 2. The van der Waals surface area contributed by atoms with E-state index in [1.807, 2.05) is 29.2 Å². The molecule has 1 aromatic rings. The first-order valence-electron chi connectivity index (χ1n) is 10.5. The maximum absolute atomic E-state index is 12.5. The van der Waals surface area contributed by atoms with Gasteiger partial charge in [0.1, 0.15) is 0 Å². The number of amides is 2. The number of nitrogens with one attached hydrogen (secondary N) is 1. The zero-order valence-corrected chi connectivity index (χ0v) is 17.1. The van der Waals surface area contributed by atoms with Crippen molar-refractivity contribution < 1.29 is 9.59 Å². The van der Waals surface area contributed by atoms with Crippen LogP contribution < -0.4 is 5.32 Å². The maximum Gasteiger partial charge on any atom is 0.251 e.